The fourth-order valence-corrected chi connectivity index (χ4v) is 1.59. The molecule has 0 bridgehead atoms. The van der Waals surface area contributed by atoms with Gasteiger partial charge in [0.2, 0.25) is 0 Å². The van der Waals surface area contributed by atoms with Crippen molar-refractivity contribution in [2.75, 3.05) is 26.3 Å². The van der Waals surface area contributed by atoms with Gasteiger partial charge in [0, 0.05) is 24.7 Å². The number of morpholine rings is 1. The third kappa shape index (κ3) is 2.82. The van der Waals surface area contributed by atoms with Gasteiger partial charge in [-0.25, -0.2) is 4.79 Å². The van der Waals surface area contributed by atoms with Gasteiger partial charge >= 0.3 is 5.97 Å². The van der Waals surface area contributed by atoms with Crippen molar-refractivity contribution < 1.29 is 14.6 Å². The van der Waals surface area contributed by atoms with E-state index >= 15 is 0 Å². The third-order valence-corrected chi connectivity index (χ3v) is 2.52. The second-order valence-corrected chi connectivity index (χ2v) is 3.52. The second kappa shape index (κ2) is 5.12. The fourth-order valence-electron chi connectivity index (χ4n) is 1.59. The summed E-state index contributed by atoms with van der Waals surface area (Å²) in [6, 6.07) is 0.333. The lowest BCUT2D eigenvalue weighted by Gasteiger charge is -2.34. The maximum Gasteiger partial charge on any atom is 0.332 e. The van der Waals surface area contributed by atoms with Crippen molar-refractivity contribution in [1.29, 1.82) is 0 Å². The molecule has 80 valence electrons. The molecule has 1 N–H and O–H groups in total. The minimum Gasteiger partial charge on any atom is -0.478 e. The zero-order valence-corrected chi connectivity index (χ0v) is 8.53. The van der Waals surface area contributed by atoms with Crippen LogP contribution in [0.25, 0.3) is 0 Å². The van der Waals surface area contributed by atoms with E-state index in [0.29, 0.717) is 25.8 Å². The Hall–Kier alpha value is -0.870. The van der Waals surface area contributed by atoms with Gasteiger partial charge in [-0.15, -0.1) is 0 Å². The van der Waals surface area contributed by atoms with Gasteiger partial charge in [-0.3, -0.25) is 4.90 Å². The molecule has 0 spiro atoms. The highest BCUT2D eigenvalue weighted by atomic mass is 16.5. The van der Waals surface area contributed by atoms with Crippen molar-refractivity contribution in [2.45, 2.75) is 19.4 Å². The second-order valence-electron chi connectivity index (χ2n) is 3.52. The van der Waals surface area contributed by atoms with E-state index in [1.54, 1.807) is 0 Å². The molecule has 1 fully saturated rings. The zero-order valence-electron chi connectivity index (χ0n) is 8.53. The van der Waals surface area contributed by atoms with Crippen LogP contribution in [-0.2, 0) is 9.53 Å². The molecule has 1 rings (SSSR count). The van der Waals surface area contributed by atoms with Crippen LogP contribution in [0.2, 0.25) is 0 Å². The summed E-state index contributed by atoms with van der Waals surface area (Å²) in [5.74, 6) is -0.911. The normalized spacial score (nSPS) is 23.4. The van der Waals surface area contributed by atoms with Crippen LogP contribution in [0.4, 0.5) is 0 Å². The predicted octanol–water partition coefficient (Wildman–Crippen LogP) is 0.738. The molecule has 0 amide bonds. The fraction of sp³-hybridized carbons (Fsp3) is 0.700. The van der Waals surface area contributed by atoms with Gasteiger partial charge in [0.05, 0.1) is 13.2 Å². The number of nitrogens with zero attached hydrogens (tertiary/aromatic N) is 1. The van der Waals surface area contributed by atoms with Crippen LogP contribution in [0, 0.1) is 0 Å². The minimum atomic E-state index is -0.911. The van der Waals surface area contributed by atoms with Gasteiger partial charge in [-0.2, -0.15) is 0 Å². The first kappa shape index (κ1) is 11.2. The first-order chi connectivity index (χ1) is 6.65. The average Bonchev–Trinajstić information content (AvgIpc) is 2.18. The molecule has 0 saturated carbocycles. The maximum atomic E-state index is 10.6. The number of ether oxygens (including phenoxy) is 1. The van der Waals surface area contributed by atoms with E-state index in [4.69, 9.17) is 9.84 Å². The molecular formula is C10H17NO3. The van der Waals surface area contributed by atoms with Gasteiger partial charge in [0.1, 0.15) is 0 Å². The molecule has 0 aromatic carbocycles. The number of aliphatic carboxylic acids is 1. The van der Waals surface area contributed by atoms with E-state index < -0.39 is 5.97 Å². The molecule has 1 atom stereocenters. The molecule has 1 unspecified atom stereocenters. The van der Waals surface area contributed by atoms with Gasteiger partial charge in [-0.1, -0.05) is 13.5 Å². The monoisotopic (exact) mass is 199 g/mol. The Morgan fingerprint density at radius 1 is 1.71 bits per heavy atom. The largest absolute Gasteiger partial charge is 0.478 e. The Kier molecular flexibility index (Phi) is 4.10. The smallest absolute Gasteiger partial charge is 0.332 e. The molecule has 1 saturated heterocycles. The lowest BCUT2D eigenvalue weighted by atomic mass is 10.1. The van der Waals surface area contributed by atoms with Crippen molar-refractivity contribution in [3.8, 4) is 0 Å². The Morgan fingerprint density at radius 2 is 2.43 bits per heavy atom. The zero-order chi connectivity index (χ0) is 10.6. The number of hydrogen-bond acceptors (Lipinski definition) is 3. The highest BCUT2D eigenvalue weighted by molar-refractivity contribution is 5.86. The highest BCUT2D eigenvalue weighted by Gasteiger charge is 2.22. The van der Waals surface area contributed by atoms with Crippen molar-refractivity contribution in [2.24, 2.45) is 0 Å². The molecule has 0 aromatic rings. The summed E-state index contributed by atoms with van der Waals surface area (Å²) in [7, 11) is 0. The van der Waals surface area contributed by atoms with Gasteiger partial charge in [0.15, 0.2) is 0 Å². The van der Waals surface area contributed by atoms with Crippen LogP contribution in [0.5, 0.6) is 0 Å². The van der Waals surface area contributed by atoms with E-state index in [1.807, 2.05) is 0 Å². The lowest BCUT2D eigenvalue weighted by Crippen LogP contribution is -2.46. The number of hydrogen-bond donors (Lipinski definition) is 1. The Bertz CT molecular complexity index is 227. The van der Waals surface area contributed by atoms with Crippen molar-refractivity contribution in [3.63, 3.8) is 0 Å². The van der Waals surface area contributed by atoms with E-state index in [0.717, 1.165) is 13.0 Å². The van der Waals surface area contributed by atoms with Gasteiger partial charge in [-0.05, 0) is 6.42 Å². The van der Waals surface area contributed by atoms with E-state index in [-0.39, 0.29) is 5.57 Å². The molecular weight excluding hydrogens is 182 g/mol. The molecule has 0 radical (unpaired) electrons. The van der Waals surface area contributed by atoms with Crippen LogP contribution < -0.4 is 0 Å². The van der Waals surface area contributed by atoms with Gasteiger partial charge in [0.25, 0.3) is 0 Å². The summed E-state index contributed by atoms with van der Waals surface area (Å²) >= 11 is 0. The molecule has 4 heteroatoms. The maximum absolute atomic E-state index is 10.6. The summed E-state index contributed by atoms with van der Waals surface area (Å²) in [4.78, 5) is 12.7. The van der Waals surface area contributed by atoms with E-state index in [2.05, 4.69) is 18.4 Å². The lowest BCUT2D eigenvalue weighted by molar-refractivity contribution is -0.133. The molecule has 1 aliphatic rings. The summed E-state index contributed by atoms with van der Waals surface area (Å²) in [6.07, 6.45) is 0.979. The van der Waals surface area contributed by atoms with Crippen molar-refractivity contribution >= 4 is 5.97 Å². The minimum absolute atomic E-state index is 0.255. The van der Waals surface area contributed by atoms with Gasteiger partial charge < -0.3 is 9.84 Å². The molecule has 0 aliphatic carbocycles. The van der Waals surface area contributed by atoms with Crippen LogP contribution >= 0.6 is 0 Å². The van der Waals surface area contributed by atoms with Crippen LogP contribution in [0.15, 0.2) is 12.2 Å². The summed E-state index contributed by atoms with van der Waals surface area (Å²) in [5, 5.41) is 8.71. The van der Waals surface area contributed by atoms with Crippen LogP contribution in [-0.4, -0.2) is 48.3 Å². The van der Waals surface area contributed by atoms with E-state index in [1.165, 1.54) is 0 Å². The quantitative estimate of drug-likeness (QED) is 0.678. The Morgan fingerprint density at radius 3 is 3.00 bits per heavy atom. The number of carbonyl (C=O) groups is 1. The molecule has 1 heterocycles. The van der Waals surface area contributed by atoms with Crippen molar-refractivity contribution in [1.82, 2.24) is 4.90 Å². The molecule has 1 aliphatic heterocycles. The highest BCUT2D eigenvalue weighted by Crippen LogP contribution is 2.11. The molecule has 0 aromatic heterocycles. The van der Waals surface area contributed by atoms with Crippen molar-refractivity contribution in [3.05, 3.63) is 12.2 Å². The third-order valence-electron chi connectivity index (χ3n) is 2.52. The SMILES string of the molecule is C=C(CN1CCOCC1CC)C(=O)O. The Balaban J connectivity index is 2.48. The average molecular weight is 199 g/mol. The Labute approximate surface area is 84.2 Å². The first-order valence-electron chi connectivity index (χ1n) is 4.88. The first-order valence-corrected chi connectivity index (χ1v) is 4.88. The van der Waals surface area contributed by atoms with Crippen LogP contribution in [0.3, 0.4) is 0 Å². The topological polar surface area (TPSA) is 49.8 Å². The number of carboxylic acid groups (broad SMARTS) is 1. The number of rotatable bonds is 4. The molecule has 4 nitrogen and oxygen atoms in total. The number of carboxylic acids is 1. The predicted molar refractivity (Wildman–Crippen MR) is 53.2 cm³/mol. The summed E-state index contributed by atoms with van der Waals surface area (Å²) < 4.78 is 5.33. The summed E-state index contributed by atoms with van der Waals surface area (Å²) in [6.45, 7) is 8.23. The standard InChI is InChI=1S/C10H17NO3/c1-3-9-7-14-5-4-11(9)6-8(2)10(12)13/h9H,2-7H2,1H3,(H,12,13). The molecule has 14 heavy (non-hydrogen) atoms. The summed E-state index contributed by atoms with van der Waals surface area (Å²) in [5.41, 5.74) is 0.255. The van der Waals surface area contributed by atoms with Crippen LogP contribution in [0.1, 0.15) is 13.3 Å². The van der Waals surface area contributed by atoms with E-state index in [9.17, 15) is 4.79 Å².